The first-order chi connectivity index (χ1) is 11.0. The first-order valence-corrected chi connectivity index (χ1v) is 7.22. The fraction of sp³-hybridized carbons (Fsp3) is 0.188. The average Bonchev–Trinajstić information content (AvgIpc) is 2.53. The highest BCUT2D eigenvalue weighted by Crippen LogP contribution is 2.20. The SMILES string of the molecule is O=C(NCc1cccc(F)c1)NC(CO)c1ccc(Cl)c(F)c1. The van der Waals surface area contributed by atoms with Gasteiger partial charge in [0.05, 0.1) is 17.7 Å². The van der Waals surface area contributed by atoms with Gasteiger partial charge in [0.1, 0.15) is 11.6 Å². The lowest BCUT2D eigenvalue weighted by atomic mass is 10.1. The van der Waals surface area contributed by atoms with Crippen molar-refractivity contribution in [3.63, 3.8) is 0 Å². The van der Waals surface area contributed by atoms with E-state index in [9.17, 15) is 18.7 Å². The Bertz CT molecular complexity index is 698. The molecule has 2 aromatic rings. The third kappa shape index (κ3) is 4.91. The third-order valence-corrected chi connectivity index (χ3v) is 3.48. The minimum Gasteiger partial charge on any atom is -0.394 e. The first-order valence-electron chi connectivity index (χ1n) is 6.84. The van der Waals surface area contributed by atoms with E-state index in [1.54, 1.807) is 6.07 Å². The molecule has 2 amide bonds. The zero-order valence-electron chi connectivity index (χ0n) is 12.0. The van der Waals surface area contributed by atoms with E-state index in [0.29, 0.717) is 11.1 Å². The lowest BCUT2D eigenvalue weighted by molar-refractivity contribution is 0.216. The summed E-state index contributed by atoms with van der Waals surface area (Å²) in [4.78, 5) is 11.8. The summed E-state index contributed by atoms with van der Waals surface area (Å²) in [5, 5.41) is 14.4. The van der Waals surface area contributed by atoms with Crippen LogP contribution in [0.5, 0.6) is 0 Å². The second kappa shape index (κ2) is 7.89. The summed E-state index contributed by atoms with van der Waals surface area (Å²) in [6.07, 6.45) is 0. The maximum atomic E-state index is 13.4. The van der Waals surface area contributed by atoms with Crippen LogP contribution in [0.15, 0.2) is 42.5 Å². The quantitative estimate of drug-likeness (QED) is 0.783. The number of nitrogens with one attached hydrogen (secondary N) is 2. The second-order valence-corrected chi connectivity index (χ2v) is 5.27. The van der Waals surface area contributed by atoms with E-state index in [-0.39, 0.29) is 11.6 Å². The van der Waals surface area contributed by atoms with Gasteiger partial charge in [0, 0.05) is 6.54 Å². The molecule has 2 rings (SSSR count). The minimum atomic E-state index is -0.783. The molecule has 0 aliphatic rings. The summed E-state index contributed by atoms with van der Waals surface area (Å²) in [6.45, 7) is -0.287. The summed E-state index contributed by atoms with van der Waals surface area (Å²) >= 11 is 5.60. The van der Waals surface area contributed by atoms with Crippen LogP contribution >= 0.6 is 11.6 Å². The molecule has 0 fully saturated rings. The highest BCUT2D eigenvalue weighted by molar-refractivity contribution is 6.30. The molecule has 0 spiro atoms. The van der Waals surface area contributed by atoms with Gasteiger partial charge < -0.3 is 15.7 Å². The Morgan fingerprint density at radius 3 is 2.65 bits per heavy atom. The molecule has 1 unspecified atom stereocenters. The number of aliphatic hydroxyl groups excluding tert-OH is 1. The molecule has 0 heterocycles. The molecule has 0 aliphatic heterocycles. The van der Waals surface area contributed by atoms with Gasteiger partial charge in [-0.05, 0) is 35.4 Å². The van der Waals surface area contributed by atoms with Crippen LogP contribution in [0.3, 0.4) is 0 Å². The Balaban J connectivity index is 1.95. The van der Waals surface area contributed by atoms with Crippen LogP contribution in [-0.4, -0.2) is 17.7 Å². The van der Waals surface area contributed by atoms with Gasteiger partial charge in [0.2, 0.25) is 0 Å². The van der Waals surface area contributed by atoms with Gasteiger partial charge in [0.15, 0.2) is 0 Å². The van der Waals surface area contributed by atoms with Crippen molar-refractivity contribution >= 4 is 17.6 Å². The van der Waals surface area contributed by atoms with Gasteiger partial charge in [-0.25, -0.2) is 13.6 Å². The Hall–Kier alpha value is -2.18. The minimum absolute atomic E-state index is 0.0407. The molecule has 0 saturated heterocycles. The van der Waals surface area contributed by atoms with Crippen LogP contribution < -0.4 is 10.6 Å². The molecule has 0 aromatic heterocycles. The smallest absolute Gasteiger partial charge is 0.315 e. The number of hydrogen-bond donors (Lipinski definition) is 3. The summed E-state index contributed by atoms with van der Waals surface area (Å²) in [7, 11) is 0. The molecule has 23 heavy (non-hydrogen) atoms. The van der Waals surface area contributed by atoms with E-state index in [2.05, 4.69) is 10.6 Å². The van der Waals surface area contributed by atoms with Crippen molar-refractivity contribution in [3.8, 4) is 0 Å². The zero-order valence-corrected chi connectivity index (χ0v) is 12.8. The molecule has 0 radical (unpaired) electrons. The van der Waals surface area contributed by atoms with Crippen LogP contribution in [0.1, 0.15) is 17.2 Å². The molecule has 0 saturated carbocycles. The van der Waals surface area contributed by atoms with Crippen molar-refractivity contribution in [2.45, 2.75) is 12.6 Å². The number of carbonyl (C=O) groups is 1. The monoisotopic (exact) mass is 340 g/mol. The summed E-state index contributed by atoms with van der Waals surface area (Å²) in [5.41, 5.74) is 0.980. The fourth-order valence-electron chi connectivity index (χ4n) is 2.00. The topological polar surface area (TPSA) is 61.4 Å². The first kappa shape index (κ1) is 17.2. The normalized spacial score (nSPS) is 11.8. The van der Waals surface area contributed by atoms with Gasteiger partial charge in [0.25, 0.3) is 0 Å². The number of urea groups is 1. The molecule has 2 aromatic carbocycles. The third-order valence-electron chi connectivity index (χ3n) is 3.18. The lowest BCUT2D eigenvalue weighted by Gasteiger charge is -2.17. The number of amides is 2. The molecule has 0 bridgehead atoms. The van der Waals surface area contributed by atoms with E-state index >= 15 is 0 Å². The van der Waals surface area contributed by atoms with E-state index in [1.165, 1.54) is 30.3 Å². The predicted octanol–water partition coefficient (Wildman–Crippen LogP) is 3.15. The maximum Gasteiger partial charge on any atom is 0.315 e. The second-order valence-electron chi connectivity index (χ2n) is 4.87. The van der Waals surface area contributed by atoms with Crippen molar-refractivity contribution in [2.24, 2.45) is 0 Å². The Labute approximate surface area is 137 Å². The van der Waals surface area contributed by atoms with Crippen molar-refractivity contribution in [1.29, 1.82) is 0 Å². The molecule has 3 N–H and O–H groups in total. The van der Waals surface area contributed by atoms with E-state index in [1.807, 2.05) is 0 Å². The zero-order chi connectivity index (χ0) is 16.8. The van der Waals surface area contributed by atoms with Crippen LogP contribution in [0.2, 0.25) is 5.02 Å². The Kier molecular flexibility index (Phi) is 5.90. The number of rotatable bonds is 5. The molecule has 0 aliphatic carbocycles. The van der Waals surface area contributed by atoms with Crippen molar-refractivity contribution in [3.05, 3.63) is 70.2 Å². The summed E-state index contributed by atoms with van der Waals surface area (Å²) in [5.74, 6) is -1.03. The van der Waals surface area contributed by atoms with Crippen LogP contribution in [0.4, 0.5) is 13.6 Å². The number of carbonyl (C=O) groups excluding carboxylic acids is 1. The van der Waals surface area contributed by atoms with Crippen LogP contribution in [0, 0.1) is 11.6 Å². The van der Waals surface area contributed by atoms with Crippen molar-refractivity contribution < 1.29 is 18.7 Å². The Morgan fingerprint density at radius 1 is 1.22 bits per heavy atom. The molecule has 7 heteroatoms. The highest BCUT2D eigenvalue weighted by atomic mass is 35.5. The molecular formula is C16H15ClF2N2O2. The number of halogens is 3. The van der Waals surface area contributed by atoms with Crippen molar-refractivity contribution in [2.75, 3.05) is 6.61 Å². The van der Waals surface area contributed by atoms with Crippen LogP contribution in [0.25, 0.3) is 0 Å². The van der Waals surface area contributed by atoms with Gasteiger partial charge >= 0.3 is 6.03 Å². The molecule has 1 atom stereocenters. The molecule has 122 valence electrons. The standard InChI is InChI=1S/C16H15ClF2N2O2/c17-13-5-4-11(7-14(13)19)15(9-22)21-16(23)20-8-10-2-1-3-12(18)6-10/h1-7,15,22H,8-9H2,(H2,20,21,23). The Morgan fingerprint density at radius 2 is 2.00 bits per heavy atom. The highest BCUT2D eigenvalue weighted by Gasteiger charge is 2.15. The summed E-state index contributed by atoms with van der Waals surface area (Å²) in [6, 6.07) is 8.48. The van der Waals surface area contributed by atoms with E-state index in [0.717, 1.165) is 6.07 Å². The summed E-state index contributed by atoms with van der Waals surface area (Å²) < 4.78 is 26.5. The maximum absolute atomic E-state index is 13.4. The van der Waals surface area contributed by atoms with E-state index < -0.39 is 30.3 Å². The average molecular weight is 341 g/mol. The van der Waals surface area contributed by atoms with Gasteiger partial charge in [-0.15, -0.1) is 0 Å². The predicted molar refractivity (Wildman–Crippen MR) is 83.0 cm³/mol. The molecule has 4 nitrogen and oxygen atoms in total. The number of benzene rings is 2. The van der Waals surface area contributed by atoms with Crippen LogP contribution in [-0.2, 0) is 6.54 Å². The van der Waals surface area contributed by atoms with Crippen molar-refractivity contribution in [1.82, 2.24) is 10.6 Å². The number of aliphatic hydroxyl groups is 1. The van der Waals surface area contributed by atoms with E-state index in [4.69, 9.17) is 11.6 Å². The largest absolute Gasteiger partial charge is 0.394 e. The van der Waals surface area contributed by atoms with Gasteiger partial charge in [-0.3, -0.25) is 0 Å². The van der Waals surface area contributed by atoms with Gasteiger partial charge in [-0.1, -0.05) is 29.8 Å². The lowest BCUT2D eigenvalue weighted by Crippen LogP contribution is -2.38. The number of hydrogen-bond acceptors (Lipinski definition) is 2. The molecular weight excluding hydrogens is 326 g/mol. The fourth-order valence-corrected chi connectivity index (χ4v) is 2.12. The van der Waals surface area contributed by atoms with Gasteiger partial charge in [-0.2, -0.15) is 0 Å².